The van der Waals surface area contributed by atoms with E-state index in [4.69, 9.17) is 0 Å². The van der Waals surface area contributed by atoms with Crippen LogP contribution in [0, 0.1) is 17.8 Å². The summed E-state index contributed by atoms with van der Waals surface area (Å²) in [6, 6.07) is 7.14. The number of hydrogen-bond donors (Lipinski definition) is 4. The van der Waals surface area contributed by atoms with E-state index in [1.54, 1.807) is 0 Å². The number of carbonyl (C=O) groups is 4. The van der Waals surface area contributed by atoms with Crippen molar-refractivity contribution in [3.8, 4) is 0 Å². The molecule has 9 heteroatoms. The van der Waals surface area contributed by atoms with E-state index in [2.05, 4.69) is 27.5 Å². The quantitative estimate of drug-likeness (QED) is 0.265. The molecule has 0 aliphatic carbocycles. The number of amides is 3. The highest BCUT2D eigenvalue weighted by atomic mass is 16.5. The van der Waals surface area contributed by atoms with Gasteiger partial charge in [-0.05, 0) is 43.7 Å². The molecule has 1 unspecified atom stereocenters. The minimum Gasteiger partial charge on any atom is -0.354 e. The summed E-state index contributed by atoms with van der Waals surface area (Å²) in [7, 11) is 0. The highest BCUT2D eigenvalue weighted by Crippen LogP contribution is 2.26. The second-order valence-electron chi connectivity index (χ2n) is 10.1. The van der Waals surface area contributed by atoms with Crippen LogP contribution in [-0.2, 0) is 32.1 Å². The van der Waals surface area contributed by atoms with E-state index >= 15 is 0 Å². The van der Waals surface area contributed by atoms with Gasteiger partial charge in [0.15, 0.2) is 0 Å². The van der Waals surface area contributed by atoms with Gasteiger partial charge >= 0.3 is 0 Å². The molecule has 0 saturated heterocycles. The van der Waals surface area contributed by atoms with Crippen molar-refractivity contribution in [1.82, 2.24) is 20.7 Å². The third-order valence-corrected chi connectivity index (χ3v) is 6.85. The Labute approximate surface area is 212 Å². The number of hydroxylamine groups is 1. The second-order valence-corrected chi connectivity index (χ2v) is 10.1. The van der Waals surface area contributed by atoms with Gasteiger partial charge in [-0.25, -0.2) is 5.48 Å². The van der Waals surface area contributed by atoms with E-state index in [1.165, 1.54) is 12.4 Å². The Morgan fingerprint density at radius 1 is 1.11 bits per heavy atom. The van der Waals surface area contributed by atoms with Crippen LogP contribution in [0.5, 0.6) is 0 Å². The number of aromatic nitrogens is 1. The van der Waals surface area contributed by atoms with E-state index in [0.29, 0.717) is 6.54 Å². The molecule has 1 aliphatic heterocycles. The number of benzene rings is 1. The normalized spacial score (nSPS) is 18.8. The maximum absolute atomic E-state index is 13.5. The van der Waals surface area contributed by atoms with Gasteiger partial charge in [-0.2, -0.15) is 0 Å². The first-order chi connectivity index (χ1) is 17.2. The predicted octanol–water partition coefficient (Wildman–Crippen LogP) is 2.73. The molecule has 0 spiro atoms. The van der Waals surface area contributed by atoms with Crippen LogP contribution in [0.3, 0.4) is 0 Å². The molecule has 9 nitrogen and oxygen atoms in total. The Morgan fingerprint density at radius 3 is 2.53 bits per heavy atom. The molecule has 2 heterocycles. The molecular weight excluding hydrogens is 460 g/mol. The fourth-order valence-electron chi connectivity index (χ4n) is 5.10. The van der Waals surface area contributed by atoms with E-state index in [9.17, 15) is 24.4 Å². The lowest BCUT2D eigenvalue weighted by atomic mass is 9.81. The molecule has 2 bridgehead atoms. The number of fused-ring (bicyclic) bond motifs is 5. The summed E-state index contributed by atoms with van der Waals surface area (Å²) < 4.78 is 2.21. The predicted molar refractivity (Wildman–Crippen MR) is 136 cm³/mol. The van der Waals surface area contributed by atoms with Crippen molar-refractivity contribution in [2.75, 3.05) is 6.54 Å². The molecule has 196 valence electrons. The Balaban J connectivity index is 1.95. The molecule has 3 atom stereocenters. The van der Waals surface area contributed by atoms with Crippen molar-refractivity contribution in [3.05, 3.63) is 36.0 Å². The molecule has 36 heavy (non-hydrogen) atoms. The third kappa shape index (κ3) is 6.72. The van der Waals surface area contributed by atoms with Gasteiger partial charge in [-0.15, -0.1) is 0 Å². The van der Waals surface area contributed by atoms with Crippen molar-refractivity contribution in [1.29, 1.82) is 0 Å². The number of hydrogen-bond acceptors (Lipinski definition) is 5. The maximum atomic E-state index is 13.5. The standard InChI is InChI=1S/C27H38N4O5/c1-17(2)14-21(24(18(3)32)27(35)30-36)25(33)29-22-15-19-16-31(23-11-7-6-10-20(19)23)13-9-5-4-8-12-28-26(22)34/h6-7,10-11,16-17,21-22,24,36H,4-5,8-9,12-15H2,1-3H3,(H,28,34)(H,29,33)(H,30,35)/t21-,22+,24?/m1/s1. The zero-order valence-corrected chi connectivity index (χ0v) is 21.4. The SMILES string of the molecule is CC(=O)C(C(=O)NO)[C@@H](CC(C)C)C(=O)N[C@H]1Cc2cn(c3ccccc23)CCCCCCNC1=O. The smallest absolute Gasteiger partial charge is 0.254 e. The lowest BCUT2D eigenvalue weighted by Gasteiger charge is -2.27. The van der Waals surface area contributed by atoms with Gasteiger partial charge in [0, 0.05) is 36.6 Å². The molecule has 2 aromatic rings. The van der Waals surface area contributed by atoms with Gasteiger partial charge in [-0.1, -0.05) is 44.9 Å². The number of Topliss-reactive ketones (excluding diaryl/α,β-unsaturated/α-hetero) is 1. The summed E-state index contributed by atoms with van der Waals surface area (Å²) in [6.45, 7) is 6.39. The van der Waals surface area contributed by atoms with Crippen LogP contribution < -0.4 is 16.1 Å². The Hall–Kier alpha value is -3.20. The first-order valence-corrected chi connectivity index (χ1v) is 12.8. The van der Waals surface area contributed by atoms with Gasteiger partial charge in [0.05, 0.1) is 5.92 Å². The Kier molecular flexibility index (Phi) is 9.64. The van der Waals surface area contributed by atoms with Gasteiger partial charge in [0.1, 0.15) is 17.7 Å². The number of para-hydroxylation sites is 1. The molecule has 1 aromatic carbocycles. The van der Waals surface area contributed by atoms with E-state index < -0.39 is 35.5 Å². The van der Waals surface area contributed by atoms with Crippen molar-refractivity contribution < 1.29 is 24.4 Å². The highest BCUT2D eigenvalue weighted by molar-refractivity contribution is 6.04. The number of nitrogens with one attached hydrogen (secondary N) is 3. The summed E-state index contributed by atoms with van der Waals surface area (Å²) in [4.78, 5) is 51.4. The Morgan fingerprint density at radius 2 is 1.83 bits per heavy atom. The summed E-state index contributed by atoms with van der Waals surface area (Å²) in [5, 5.41) is 16.0. The van der Waals surface area contributed by atoms with Crippen molar-refractivity contribution in [2.24, 2.45) is 17.8 Å². The molecule has 4 N–H and O–H groups in total. The van der Waals surface area contributed by atoms with Crippen LogP contribution >= 0.6 is 0 Å². The van der Waals surface area contributed by atoms with E-state index in [0.717, 1.165) is 48.7 Å². The second kappa shape index (κ2) is 12.7. The summed E-state index contributed by atoms with van der Waals surface area (Å²) >= 11 is 0. The summed E-state index contributed by atoms with van der Waals surface area (Å²) in [6.07, 6.45) is 6.53. The molecule has 0 radical (unpaired) electrons. The van der Waals surface area contributed by atoms with Gasteiger partial charge < -0.3 is 15.2 Å². The first-order valence-electron chi connectivity index (χ1n) is 12.8. The van der Waals surface area contributed by atoms with Crippen LogP contribution in [0.25, 0.3) is 10.9 Å². The lowest BCUT2D eigenvalue weighted by Crippen LogP contribution is -2.52. The molecule has 3 rings (SSSR count). The number of carbonyl (C=O) groups excluding carboxylic acids is 4. The number of ketones is 1. The number of rotatable bonds is 7. The molecule has 0 saturated carbocycles. The summed E-state index contributed by atoms with van der Waals surface area (Å²) in [5.41, 5.74) is 3.55. The van der Waals surface area contributed by atoms with Gasteiger partial charge in [0.25, 0.3) is 5.91 Å². The average Bonchev–Trinajstić information content (AvgIpc) is 3.19. The van der Waals surface area contributed by atoms with Crippen LogP contribution in [0.4, 0.5) is 0 Å². The minimum atomic E-state index is -1.35. The van der Waals surface area contributed by atoms with Crippen LogP contribution in [0.2, 0.25) is 0 Å². The van der Waals surface area contributed by atoms with E-state index in [-0.39, 0.29) is 24.7 Å². The fourth-order valence-corrected chi connectivity index (χ4v) is 5.10. The number of nitrogens with zero attached hydrogens (tertiary/aromatic N) is 1. The highest BCUT2D eigenvalue weighted by Gasteiger charge is 2.39. The fraction of sp³-hybridized carbons (Fsp3) is 0.556. The van der Waals surface area contributed by atoms with Crippen LogP contribution in [0.1, 0.15) is 58.4 Å². The maximum Gasteiger partial charge on any atom is 0.254 e. The van der Waals surface area contributed by atoms with Crippen molar-refractivity contribution >= 4 is 34.4 Å². The molecule has 1 aromatic heterocycles. The molecule has 1 aliphatic rings. The largest absolute Gasteiger partial charge is 0.354 e. The molecule has 3 amide bonds. The monoisotopic (exact) mass is 498 g/mol. The lowest BCUT2D eigenvalue weighted by molar-refractivity contribution is -0.146. The zero-order valence-electron chi connectivity index (χ0n) is 21.4. The molecular formula is C27H38N4O5. The van der Waals surface area contributed by atoms with Crippen LogP contribution in [0.15, 0.2) is 30.5 Å². The number of aryl methyl sites for hydroxylation is 1. The summed E-state index contributed by atoms with van der Waals surface area (Å²) in [5.74, 6) is -4.67. The zero-order chi connectivity index (χ0) is 26.2. The van der Waals surface area contributed by atoms with Crippen molar-refractivity contribution in [2.45, 2.75) is 71.9 Å². The first kappa shape index (κ1) is 27.4. The van der Waals surface area contributed by atoms with Crippen LogP contribution in [-0.4, -0.2) is 45.9 Å². The Bertz CT molecular complexity index is 1090. The third-order valence-electron chi connectivity index (χ3n) is 6.85. The minimum absolute atomic E-state index is 0.000883. The topological polar surface area (TPSA) is 130 Å². The van der Waals surface area contributed by atoms with Gasteiger partial charge in [-0.3, -0.25) is 24.4 Å². The van der Waals surface area contributed by atoms with E-state index in [1.807, 2.05) is 32.0 Å². The average molecular weight is 499 g/mol. The van der Waals surface area contributed by atoms with Gasteiger partial charge in [0.2, 0.25) is 11.8 Å². The molecule has 0 fully saturated rings. The van der Waals surface area contributed by atoms with Crippen molar-refractivity contribution in [3.63, 3.8) is 0 Å².